The van der Waals surface area contributed by atoms with Gasteiger partial charge >= 0.3 is 5.97 Å². The molecule has 1 saturated carbocycles. The highest BCUT2D eigenvalue weighted by atomic mass is 32.1. The van der Waals surface area contributed by atoms with Crippen LogP contribution in [0.3, 0.4) is 0 Å². The molecule has 2 fully saturated rings. The van der Waals surface area contributed by atoms with Crippen molar-refractivity contribution in [3.63, 3.8) is 0 Å². The van der Waals surface area contributed by atoms with Crippen LogP contribution in [0.2, 0.25) is 0 Å². The third kappa shape index (κ3) is 2.91. The molecule has 1 aromatic carbocycles. The number of thiazole rings is 1. The summed E-state index contributed by atoms with van der Waals surface area (Å²) in [6.07, 6.45) is 3.07. The normalized spacial score (nSPS) is 35.3. The fourth-order valence-corrected chi connectivity index (χ4v) is 7.15. The van der Waals surface area contributed by atoms with E-state index in [1.807, 2.05) is 25.1 Å². The fraction of sp³-hybridized carbons (Fsp3) is 0.522. The van der Waals surface area contributed by atoms with E-state index in [4.69, 9.17) is 9.72 Å². The smallest absolute Gasteiger partial charge is 0.309 e. The number of fused-ring (bicyclic) bond motifs is 4. The largest absolute Gasteiger partial charge is 0.461 e. The summed E-state index contributed by atoms with van der Waals surface area (Å²) in [6, 6.07) is 9.21. The van der Waals surface area contributed by atoms with Gasteiger partial charge < -0.3 is 4.74 Å². The fourth-order valence-electron chi connectivity index (χ4n) is 5.89. The van der Waals surface area contributed by atoms with Gasteiger partial charge in [-0.05, 0) is 36.8 Å². The molecule has 1 N–H and O–H groups in total. The minimum Gasteiger partial charge on any atom is -0.461 e. The predicted octanol–water partition coefficient (Wildman–Crippen LogP) is 4.65. The SMILES string of the molecule is CC1C(=O)OC2C1CCC1(C)Cc3sc(NC(=O)c4ccccc4)nc3C(C)C21. The minimum atomic E-state index is -0.133. The number of nitrogens with zero attached hydrogens (tertiary/aromatic N) is 1. The number of ether oxygens (including phenoxy) is 1. The molecule has 2 aromatic rings. The molecule has 3 aliphatic rings. The molecule has 6 heteroatoms. The first-order chi connectivity index (χ1) is 13.9. The number of nitrogens with one attached hydrogen (secondary N) is 1. The van der Waals surface area contributed by atoms with Crippen LogP contribution in [0, 0.1) is 23.2 Å². The van der Waals surface area contributed by atoms with Crippen LogP contribution in [0.5, 0.6) is 0 Å². The van der Waals surface area contributed by atoms with E-state index >= 15 is 0 Å². The van der Waals surface area contributed by atoms with Crippen molar-refractivity contribution in [1.29, 1.82) is 0 Å². The summed E-state index contributed by atoms with van der Waals surface area (Å²) in [6.45, 7) is 6.56. The van der Waals surface area contributed by atoms with Crippen LogP contribution < -0.4 is 5.32 Å². The lowest BCUT2D eigenvalue weighted by Crippen LogP contribution is -2.50. The Morgan fingerprint density at radius 1 is 1.24 bits per heavy atom. The number of hydrogen-bond donors (Lipinski definition) is 1. The third-order valence-corrected chi connectivity index (χ3v) is 8.40. The number of rotatable bonds is 2. The Morgan fingerprint density at radius 2 is 2.00 bits per heavy atom. The molecule has 0 radical (unpaired) electrons. The number of esters is 1. The molecule has 1 saturated heterocycles. The second-order valence-electron chi connectivity index (χ2n) is 9.19. The summed E-state index contributed by atoms with van der Waals surface area (Å²) >= 11 is 1.59. The van der Waals surface area contributed by atoms with Gasteiger partial charge in [-0.3, -0.25) is 14.9 Å². The third-order valence-electron chi connectivity index (χ3n) is 7.41. The Bertz CT molecular complexity index is 972. The predicted molar refractivity (Wildman–Crippen MR) is 112 cm³/mol. The lowest BCUT2D eigenvalue weighted by atomic mass is 9.54. The van der Waals surface area contributed by atoms with Crippen molar-refractivity contribution in [3.8, 4) is 0 Å². The van der Waals surface area contributed by atoms with E-state index in [0.29, 0.717) is 16.6 Å². The van der Waals surface area contributed by atoms with Crippen LogP contribution in [0.4, 0.5) is 5.13 Å². The van der Waals surface area contributed by atoms with E-state index in [-0.39, 0.29) is 41.1 Å². The zero-order valence-corrected chi connectivity index (χ0v) is 17.8. The maximum atomic E-state index is 12.5. The van der Waals surface area contributed by atoms with Crippen LogP contribution in [-0.4, -0.2) is 23.0 Å². The molecular weight excluding hydrogens is 384 g/mol. The molecule has 29 heavy (non-hydrogen) atoms. The highest BCUT2D eigenvalue weighted by molar-refractivity contribution is 7.15. The second-order valence-corrected chi connectivity index (χ2v) is 10.3. The van der Waals surface area contributed by atoms with E-state index in [9.17, 15) is 9.59 Å². The van der Waals surface area contributed by atoms with Crippen molar-refractivity contribution >= 4 is 28.3 Å². The Hall–Kier alpha value is -2.21. The molecule has 5 nitrogen and oxygen atoms in total. The van der Waals surface area contributed by atoms with Crippen LogP contribution in [0.15, 0.2) is 30.3 Å². The van der Waals surface area contributed by atoms with E-state index in [0.717, 1.165) is 25.0 Å². The number of aromatic nitrogens is 1. The Morgan fingerprint density at radius 3 is 2.76 bits per heavy atom. The maximum absolute atomic E-state index is 12.5. The summed E-state index contributed by atoms with van der Waals surface area (Å²) in [5, 5.41) is 3.63. The summed E-state index contributed by atoms with van der Waals surface area (Å²) < 4.78 is 5.89. The average Bonchev–Trinajstić information content (AvgIpc) is 3.22. The van der Waals surface area contributed by atoms with E-state index in [1.54, 1.807) is 23.5 Å². The Kier molecular flexibility index (Phi) is 4.32. The van der Waals surface area contributed by atoms with Gasteiger partial charge in [0.1, 0.15) is 6.10 Å². The zero-order chi connectivity index (χ0) is 20.3. The van der Waals surface area contributed by atoms with Gasteiger partial charge in [-0.2, -0.15) is 0 Å². The molecule has 1 aromatic heterocycles. The lowest BCUT2D eigenvalue weighted by Gasteiger charge is -2.51. The summed E-state index contributed by atoms with van der Waals surface area (Å²) in [4.78, 5) is 30.9. The molecule has 152 valence electrons. The first-order valence-electron chi connectivity index (χ1n) is 10.4. The molecular formula is C23H26N2O3S. The van der Waals surface area contributed by atoms with Gasteiger partial charge in [0.25, 0.3) is 5.91 Å². The van der Waals surface area contributed by atoms with Gasteiger partial charge in [0.2, 0.25) is 0 Å². The van der Waals surface area contributed by atoms with Crippen molar-refractivity contribution in [2.24, 2.45) is 23.2 Å². The molecule has 5 rings (SSSR count). The molecule has 6 unspecified atom stereocenters. The van der Waals surface area contributed by atoms with Crippen molar-refractivity contribution in [2.75, 3.05) is 5.32 Å². The van der Waals surface area contributed by atoms with Gasteiger partial charge in [0.05, 0.1) is 11.6 Å². The summed E-state index contributed by atoms with van der Waals surface area (Å²) in [5.74, 6) is 0.619. The van der Waals surface area contributed by atoms with Crippen molar-refractivity contribution in [2.45, 2.75) is 52.1 Å². The first-order valence-corrected chi connectivity index (χ1v) is 11.3. The molecule has 2 aliphatic carbocycles. The number of hydrogen-bond acceptors (Lipinski definition) is 5. The standard InChI is InChI=1S/C23H26N2O3S/c1-12-15-9-10-23(3)11-16-18(13(2)17(23)19(15)28-21(12)27)24-22(29-16)25-20(26)14-7-5-4-6-8-14/h4-8,12-13,15,17,19H,9-11H2,1-3H3,(H,24,25,26). The van der Waals surface area contributed by atoms with Gasteiger partial charge in [0, 0.05) is 28.2 Å². The number of carbonyl (C=O) groups is 2. The molecule has 6 atom stereocenters. The summed E-state index contributed by atoms with van der Waals surface area (Å²) in [7, 11) is 0. The van der Waals surface area contributed by atoms with Crippen LogP contribution in [0.1, 0.15) is 60.5 Å². The number of carbonyl (C=O) groups excluding carboxylic acids is 2. The van der Waals surface area contributed by atoms with Crippen molar-refractivity contribution < 1.29 is 14.3 Å². The van der Waals surface area contributed by atoms with Crippen molar-refractivity contribution in [1.82, 2.24) is 4.98 Å². The Balaban J connectivity index is 1.44. The van der Waals surface area contributed by atoms with Gasteiger partial charge in [0.15, 0.2) is 5.13 Å². The minimum absolute atomic E-state index is 0.00528. The van der Waals surface area contributed by atoms with E-state index in [2.05, 4.69) is 19.2 Å². The van der Waals surface area contributed by atoms with Gasteiger partial charge in [-0.1, -0.05) is 39.0 Å². The highest BCUT2D eigenvalue weighted by Gasteiger charge is 2.58. The van der Waals surface area contributed by atoms with Gasteiger partial charge in [-0.15, -0.1) is 11.3 Å². The first kappa shape index (κ1) is 18.8. The van der Waals surface area contributed by atoms with Crippen LogP contribution in [0.25, 0.3) is 0 Å². The molecule has 1 amide bonds. The monoisotopic (exact) mass is 410 g/mol. The average molecular weight is 411 g/mol. The topological polar surface area (TPSA) is 68.3 Å². The van der Waals surface area contributed by atoms with Gasteiger partial charge in [-0.25, -0.2) is 4.98 Å². The number of anilines is 1. The van der Waals surface area contributed by atoms with E-state index in [1.165, 1.54) is 4.88 Å². The molecule has 0 bridgehead atoms. The Labute approximate surface area is 174 Å². The number of amides is 1. The lowest BCUT2D eigenvalue weighted by molar-refractivity contribution is -0.149. The van der Waals surface area contributed by atoms with E-state index < -0.39 is 0 Å². The molecule has 0 spiro atoms. The molecule has 2 heterocycles. The van der Waals surface area contributed by atoms with Crippen molar-refractivity contribution in [3.05, 3.63) is 46.5 Å². The van der Waals surface area contributed by atoms with Crippen LogP contribution >= 0.6 is 11.3 Å². The van der Waals surface area contributed by atoms with Crippen LogP contribution in [-0.2, 0) is 16.0 Å². The molecule has 1 aliphatic heterocycles. The quantitative estimate of drug-likeness (QED) is 0.732. The summed E-state index contributed by atoms with van der Waals surface area (Å²) in [5.41, 5.74) is 1.80. The maximum Gasteiger partial charge on any atom is 0.309 e. The number of benzene rings is 1. The highest BCUT2D eigenvalue weighted by Crippen LogP contribution is 2.59. The zero-order valence-electron chi connectivity index (χ0n) is 17.0. The second kappa shape index (κ2) is 6.66.